The van der Waals surface area contributed by atoms with Crippen LogP contribution in [0.1, 0.15) is 19.4 Å². The van der Waals surface area contributed by atoms with E-state index in [4.69, 9.17) is 9.47 Å². The van der Waals surface area contributed by atoms with Crippen molar-refractivity contribution < 1.29 is 13.7 Å². The molecular formula is C15H19NO3S. The Morgan fingerprint density at radius 2 is 1.85 bits per heavy atom. The second kappa shape index (κ2) is 8.64. The van der Waals surface area contributed by atoms with Gasteiger partial charge in [-0.2, -0.15) is 5.26 Å². The van der Waals surface area contributed by atoms with E-state index >= 15 is 0 Å². The van der Waals surface area contributed by atoms with E-state index in [2.05, 4.69) is 0 Å². The number of nitriles is 1. The molecule has 1 rings (SSSR count). The van der Waals surface area contributed by atoms with Crippen molar-refractivity contribution in [3.63, 3.8) is 0 Å². The molecule has 0 aliphatic carbocycles. The van der Waals surface area contributed by atoms with Crippen LogP contribution in [-0.2, 0) is 20.3 Å². The van der Waals surface area contributed by atoms with Crippen LogP contribution in [0.25, 0.3) is 0 Å². The largest absolute Gasteiger partial charge is 0.349 e. The lowest BCUT2D eigenvalue weighted by atomic mass is 10.2. The molecule has 0 radical (unpaired) electrons. The summed E-state index contributed by atoms with van der Waals surface area (Å²) in [7, 11) is -1.52. The van der Waals surface area contributed by atoms with Crippen molar-refractivity contribution in [2.45, 2.75) is 32.0 Å². The fraction of sp³-hybridized carbons (Fsp3) is 0.400. The molecule has 5 heteroatoms. The van der Waals surface area contributed by atoms with Gasteiger partial charge < -0.3 is 9.47 Å². The lowest BCUT2D eigenvalue weighted by Crippen LogP contribution is -2.15. The van der Waals surface area contributed by atoms with Gasteiger partial charge in [0, 0.05) is 18.1 Å². The molecule has 1 aromatic rings. The third-order valence-electron chi connectivity index (χ3n) is 2.49. The van der Waals surface area contributed by atoms with Gasteiger partial charge in [0.1, 0.15) is 11.0 Å². The Labute approximate surface area is 122 Å². The SMILES string of the molecule is CCOC(/C=C(\C#N)S(=O)c1ccc(C)cc1)OCC. The Morgan fingerprint density at radius 3 is 2.30 bits per heavy atom. The predicted octanol–water partition coefficient (Wildman–Crippen LogP) is 2.91. The summed E-state index contributed by atoms with van der Waals surface area (Å²) in [5.74, 6) is 0. The average Bonchev–Trinajstić information content (AvgIpc) is 2.45. The van der Waals surface area contributed by atoms with Gasteiger partial charge >= 0.3 is 0 Å². The first-order valence-electron chi connectivity index (χ1n) is 6.45. The molecule has 1 atom stereocenters. The van der Waals surface area contributed by atoms with Crippen molar-refractivity contribution in [2.75, 3.05) is 13.2 Å². The minimum atomic E-state index is -1.52. The fourth-order valence-corrected chi connectivity index (χ4v) is 2.48. The van der Waals surface area contributed by atoms with E-state index in [0.717, 1.165) is 5.56 Å². The molecule has 0 amide bonds. The maximum Gasteiger partial charge on any atom is 0.178 e. The van der Waals surface area contributed by atoms with Crippen molar-refractivity contribution in [1.29, 1.82) is 5.26 Å². The zero-order valence-electron chi connectivity index (χ0n) is 12.0. The third kappa shape index (κ3) is 4.89. The van der Waals surface area contributed by atoms with Gasteiger partial charge in [-0.15, -0.1) is 0 Å². The van der Waals surface area contributed by atoms with Gasteiger partial charge in [-0.25, -0.2) is 4.21 Å². The van der Waals surface area contributed by atoms with Crippen molar-refractivity contribution >= 4 is 10.8 Å². The molecule has 0 aliphatic heterocycles. The van der Waals surface area contributed by atoms with Crippen LogP contribution in [-0.4, -0.2) is 23.7 Å². The number of hydrogen-bond acceptors (Lipinski definition) is 4. The first kappa shape index (κ1) is 16.6. The van der Waals surface area contributed by atoms with E-state index in [-0.39, 0.29) is 4.91 Å². The molecule has 0 aromatic heterocycles. The van der Waals surface area contributed by atoms with Gasteiger partial charge in [0.25, 0.3) is 0 Å². The van der Waals surface area contributed by atoms with E-state index in [9.17, 15) is 9.47 Å². The van der Waals surface area contributed by atoms with Gasteiger partial charge in [0.15, 0.2) is 6.29 Å². The first-order chi connectivity index (χ1) is 9.62. The van der Waals surface area contributed by atoms with Crippen LogP contribution in [0.3, 0.4) is 0 Å². The number of hydrogen-bond donors (Lipinski definition) is 0. The molecule has 0 saturated heterocycles. The Hall–Kier alpha value is -1.48. The van der Waals surface area contributed by atoms with E-state index in [1.807, 2.05) is 39.0 Å². The Bertz CT molecular complexity index is 511. The van der Waals surface area contributed by atoms with E-state index in [0.29, 0.717) is 18.1 Å². The molecule has 20 heavy (non-hydrogen) atoms. The third-order valence-corrected chi connectivity index (χ3v) is 3.82. The zero-order valence-corrected chi connectivity index (χ0v) is 12.8. The van der Waals surface area contributed by atoms with Gasteiger partial charge in [-0.3, -0.25) is 0 Å². The van der Waals surface area contributed by atoms with E-state index in [1.54, 1.807) is 12.1 Å². The molecule has 0 N–H and O–H groups in total. The molecular weight excluding hydrogens is 274 g/mol. The van der Waals surface area contributed by atoms with Crippen LogP contribution < -0.4 is 0 Å². The Kier molecular flexibility index (Phi) is 7.16. The lowest BCUT2D eigenvalue weighted by Gasteiger charge is -2.13. The van der Waals surface area contributed by atoms with Crippen LogP contribution in [0.4, 0.5) is 0 Å². The number of aryl methyl sites for hydroxylation is 1. The Balaban J connectivity index is 2.96. The quantitative estimate of drug-likeness (QED) is 0.573. The van der Waals surface area contributed by atoms with E-state index < -0.39 is 17.1 Å². The highest BCUT2D eigenvalue weighted by molar-refractivity contribution is 7.89. The summed E-state index contributed by atoms with van der Waals surface area (Å²) in [6.45, 7) is 6.54. The van der Waals surface area contributed by atoms with Gasteiger partial charge in [-0.1, -0.05) is 17.7 Å². The molecule has 0 fully saturated rings. The summed E-state index contributed by atoms with van der Waals surface area (Å²) in [6, 6.07) is 9.21. The normalized spacial score (nSPS) is 13.2. The highest BCUT2D eigenvalue weighted by atomic mass is 32.2. The van der Waals surface area contributed by atoms with Crippen molar-refractivity contribution in [2.24, 2.45) is 0 Å². The smallest absolute Gasteiger partial charge is 0.178 e. The fourth-order valence-electron chi connectivity index (χ4n) is 1.53. The monoisotopic (exact) mass is 293 g/mol. The number of ether oxygens (including phenoxy) is 2. The Morgan fingerprint density at radius 1 is 1.30 bits per heavy atom. The maximum absolute atomic E-state index is 12.3. The molecule has 0 aliphatic rings. The van der Waals surface area contributed by atoms with E-state index in [1.165, 1.54) is 6.08 Å². The van der Waals surface area contributed by atoms with Crippen molar-refractivity contribution in [1.82, 2.24) is 0 Å². The number of nitrogens with zero attached hydrogens (tertiary/aromatic N) is 1. The molecule has 108 valence electrons. The number of allylic oxidation sites excluding steroid dienone is 1. The molecule has 1 aromatic carbocycles. The summed E-state index contributed by atoms with van der Waals surface area (Å²) in [5, 5.41) is 9.18. The van der Waals surface area contributed by atoms with Crippen LogP contribution in [0.2, 0.25) is 0 Å². The van der Waals surface area contributed by atoms with Crippen molar-refractivity contribution in [3.8, 4) is 6.07 Å². The number of rotatable bonds is 7. The summed E-state index contributed by atoms with van der Waals surface area (Å²) < 4.78 is 23.0. The minimum absolute atomic E-state index is 0.140. The van der Waals surface area contributed by atoms with Crippen LogP contribution >= 0.6 is 0 Å². The highest BCUT2D eigenvalue weighted by Gasteiger charge is 2.14. The average molecular weight is 293 g/mol. The summed E-state index contributed by atoms with van der Waals surface area (Å²) >= 11 is 0. The predicted molar refractivity (Wildman–Crippen MR) is 78.3 cm³/mol. The topological polar surface area (TPSA) is 59.3 Å². The van der Waals surface area contributed by atoms with Gasteiger partial charge in [0.2, 0.25) is 0 Å². The summed E-state index contributed by atoms with van der Waals surface area (Å²) in [5.41, 5.74) is 1.08. The second-order valence-electron chi connectivity index (χ2n) is 4.00. The van der Waals surface area contributed by atoms with Crippen LogP contribution in [0.5, 0.6) is 0 Å². The molecule has 0 spiro atoms. The summed E-state index contributed by atoms with van der Waals surface area (Å²) in [4.78, 5) is 0.732. The number of benzene rings is 1. The first-order valence-corrected chi connectivity index (χ1v) is 7.60. The molecule has 1 unspecified atom stereocenters. The van der Waals surface area contributed by atoms with Gasteiger partial charge in [0.05, 0.1) is 10.8 Å². The van der Waals surface area contributed by atoms with Crippen molar-refractivity contribution in [3.05, 3.63) is 40.8 Å². The minimum Gasteiger partial charge on any atom is -0.349 e. The second-order valence-corrected chi connectivity index (χ2v) is 5.45. The zero-order chi connectivity index (χ0) is 15.0. The van der Waals surface area contributed by atoms with Crippen LogP contribution in [0, 0.1) is 18.3 Å². The molecule has 0 heterocycles. The summed E-state index contributed by atoms with van der Waals surface area (Å²) in [6.07, 6.45) is 0.831. The highest BCUT2D eigenvalue weighted by Crippen LogP contribution is 2.16. The van der Waals surface area contributed by atoms with Gasteiger partial charge in [-0.05, 0) is 39.0 Å². The van der Waals surface area contributed by atoms with Crippen LogP contribution in [0.15, 0.2) is 40.1 Å². The molecule has 0 saturated carbocycles. The molecule has 4 nitrogen and oxygen atoms in total. The lowest BCUT2D eigenvalue weighted by molar-refractivity contribution is -0.104. The molecule has 0 bridgehead atoms. The standard InChI is InChI=1S/C15H19NO3S/c1-4-18-15(19-5-2)10-14(11-16)20(17)13-8-6-12(3)7-9-13/h6-10,15H,4-5H2,1-3H3/b14-10+. The maximum atomic E-state index is 12.3.